The Morgan fingerprint density at radius 2 is 2.05 bits per heavy atom. The summed E-state index contributed by atoms with van der Waals surface area (Å²) < 4.78 is 1.10. The molecule has 2 rings (SSSR count). The molecule has 0 fully saturated rings. The highest BCUT2D eigenvalue weighted by molar-refractivity contribution is 9.10. The molecule has 0 bridgehead atoms. The van der Waals surface area contributed by atoms with Crippen LogP contribution in [0.1, 0.15) is 25.0 Å². The Balaban J connectivity index is 2.10. The van der Waals surface area contributed by atoms with Gasteiger partial charge in [0.2, 0.25) is 0 Å². The molecule has 0 radical (unpaired) electrons. The first-order valence-corrected chi connectivity index (χ1v) is 7.40. The van der Waals surface area contributed by atoms with Crippen molar-refractivity contribution in [1.82, 2.24) is 4.98 Å². The number of rotatable bonds is 4. The van der Waals surface area contributed by atoms with Crippen molar-refractivity contribution in [2.24, 2.45) is 0 Å². The second-order valence-corrected chi connectivity index (χ2v) is 6.59. The standard InChI is InChI=1S/C16H20BrN3/c1-11-7-15(19-9-14(11)18)20-10-16(2,3)12-5-4-6-13(17)8-12/h4-9H,10,18H2,1-3H3,(H,19,20). The Labute approximate surface area is 128 Å². The minimum Gasteiger partial charge on any atom is -0.397 e. The zero-order valence-electron chi connectivity index (χ0n) is 12.1. The molecule has 20 heavy (non-hydrogen) atoms. The molecule has 3 nitrogen and oxygen atoms in total. The van der Waals surface area contributed by atoms with Gasteiger partial charge in [-0.15, -0.1) is 0 Å². The second kappa shape index (κ2) is 5.83. The van der Waals surface area contributed by atoms with Crippen molar-refractivity contribution in [3.63, 3.8) is 0 Å². The molecule has 0 atom stereocenters. The molecule has 1 heterocycles. The summed E-state index contributed by atoms with van der Waals surface area (Å²) in [6.45, 7) is 7.22. The van der Waals surface area contributed by atoms with Gasteiger partial charge in [0.05, 0.1) is 11.9 Å². The highest BCUT2D eigenvalue weighted by Gasteiger charge is 2.20. The maximum Gasteiger partial charge on any atom is 0.126 e. The van der Waals surface area contributed by atoms with Crippen LogP contribution in [0.15, 0.2) is 41.0 Å². The van der Waals surface area contributed by atoms with Crippen molar-refractivity contribution in [3.8, 4) is 0 Å². The Hall–Kier alpha value is -1.55. The van der Waals surface area contributed by atoms with Gasteiger partial charge in [0.25, 0.3) is 0 Å². The summed E-state index contributed by atoms with van der Waals surface area (Å²) >= 11 is 3.52. The molecule has 3 N–H and O–H groups in total. The van der Waals surface area contributed by atoms with Crippen LogP contribution in [-0.4, -0.2) is 11.5 Å². The molecule has 4 heteroatoms. The first-order valence-electron chi connectivity index (χ1n) is 6.60. The lowest BCUT2D eigenvalue weighted by atomic mass is 9.84. The molecule has 0 aliphatic rings. The number of aryl methyl sites for hydroxylation is 1. The van der Waals surface area contributed by atoms with Crippen LogP contribution in [0.2, 0.25) is 0 Å². The van der Waals surface area contributed by atoms with Crippen LogP contribution in [-0.2, 0) is 5.41 Å². The van der Waals surface area contributed by atoms with Gasteiger partial charge in [-0.05, 0) is 36.2 Å². The maximum absolute atomic E-state index is 5.78. The third-order valence-electron chi connectivity index (χ3n) is 3.47. The number of nitrogens with zero attached hydrogens (tertiary/aromatic N) is 1. The van der Waals surface area contributed by atoms with E-state index in [0.29, 0.717) is 0 Å². The normalized spacial score (nSPS) is 11.4. The van der Waals surface area contributed by atoms with Crippen molar-refractivity contribution in [1.29, 1.82) is 0 Å². The molecule has 0 saturated heterocycles. The quantitative estimate of drug-likeness (QED) is 0.884. The maximum atomic E-state index is 5.78. The summed E-state index contributed by atoms with van der Waals surface area (Å²) in [5.41, 5.74) is 8.85. The number of aromatic nitrogens is 1. The van der Waals surface area contributed by atoms with Gasteiger partial charge in [-0.3, -0.25) is 0 Å². The largest absolute Gasteiger partial charge is 0.397 e. The van der Waals surface area contributed by atoms with Gasteiger partial charge < -0.3 is 11.1 Å². The van der Waals surface area contributed by atoms with Crippen LogP contribution in [0.3, 0.4) is 0 Å². The van der Waals surface area contributed by atoms with E-state index in [1.807, 2.05) is 19.1 Å². The lowest BCUT2D eigenvalue weighted by Gasteiger charge is -2.26. The molecule has 0 spiro atoms. The molecule has 0 aliphatic carbocycles. The highest BCUT2D eigenvalue weighted by atomic mass is 79.9. The van der Waals surface area contributed by atoms with Crippen molar-refractivity contribution in [3.05, 3.63) is 52.1 Å². The topological polar surface area (TPSA) is 50.9 Å². The van der Waals surface area contributed by atoms with Crippen molar-refractivity contribution in [2.75, 3.05) is 17.6 Å². The van der Waals surface area contributed by atoms with E-state index in [1.54, 1.807) is 6.20 Å². The molecular formula is C16H20BrN3. The number of pyridine rings is 1. The molecule has 0 amide bonds. The molecule has 1 aromatic heterocycles. The van der Waals surface area contributed by atoms with E-state index in [4.69, 9.17) is 5.73 Å². The summed E-state index contributed by atoms with van der Waals surface area (Å²) in [7, 11) is 0. The SMILES string of the molecule is Cc1cc(NCC(C)(C)c2cccc(Br)c2)ncc1N. The lowest BCUT2D eigenvalue weighted by Crippen LogP contribution is -2.28. The number of nitrogens with two attached hydrogens (primary N) is 1. The number of benzene rings is 1. The first-order chi connectivity index (χ1) is 9.38. The molecule has 106 valence electrons. The van der Waals surface area contributed by atoms with Gasteiger partial charge in [0, 0.05) is 16.4 Å². The predicted molar refractivity (Wildman–Crippen MR) is 89.0 cm³/mol. The van der Waals surface area contributed by atoms with Crippen LogP contribution in [0, 0.1) is 6.92 Å². The van der Waals surface area contributed by atoms with Gasteiger partial charge >= 0.3 is 0 Å². The van der Waals surface area contributed by atoms with Gasteiger partial charge in [0.1, 0.15) is 5.82 Å². The smallest absolute Gasteiger partial charge is 0.126 e. The van der Waals surface area contributed by atoms with E-state index in [1.165, 1.54) is 5.56 Å². The van der Waals surface area contributed by atoms with Crippen molar-refractivity contribution < 1.29 is 0 Å². The summed E-state index contributed by atoms with van der Waals surface area (Å²) in [6, 6.07) is 10.4. The van der Waals surface area contributed by atoms with E-state index >= 15 is 0 Å². The number of nitrogens with one attached hydrogen (secondary N) is 1. The van der Waals surface area contributed by atoms with Gasteiger partial charge in [-0.1, -0.05) is 41.9 Å². The monoisotopic (exact) mass is 333 g/mol. The van der Waals surface area contributed by atoms with Crippen LogP contribution in [0.4, 0.5) is 11.5 Å². The fourth-order valence-electron chi connectivity index (χ4n) is 1.99. The minimum absolute atomic E-state index is 0.0146. The van der Waals surface area contributed by atoms with Crippen LogP contribution >= 0.6 is 15.9 Å². The highest BCUT2D eigenvalue weighted by Crippen LogP contribution is 2.26. The Morgan fingerprint density at radius 3 is 2.70 bits per heavy atom. The average Bonchev–Trinajstić information content (AvgIpc) is 2.40. The molecule has 2 aromatic rings. The number of nitrogen functional groups attached to an aromatic ring is 1. The van der Waals surface area contributed by atoms with E-state index in [9.17, 15) is 0 Å². The molecule has 0 aliphatic heterocycles. The third-order valence-corrected chi connectivity index (χ3v) is 3.96. The van der Waals surface area contributed by atoms with Crippen molar-refractivity contribution in [2.45, 2.75) is 26.2 Å². The summed E-state index contributed by atoms with van der Waals surface area (Å²) in [5, 5.41) is 3.39. The molecule has 0 unspecified atom stereocenters. The Bertz CT molecular complexity index is 608. The second-order valence-electron chi connectivity index (χ2n) is 5.67. The van der Waals surface area contributed by atoms with Crippen LogP contribution < -0.4 is 11.1 Å². The Kier molecular flexibility index (Phi) is 4.33. The van der Waals surface area contributed by atoms with Crippen LogP contribution in [0.5, 0.6) is 0 Å². The van der Waals surface area contributed by atoms with E-state index in [-0.39, 0.29) is 5.41 Å². The fourth-order valence-corrected chi connectivity index (χ4v) is 2.39. The van der Waals surface area contributed by atoms with Gasteiger partial charge in [0.15, 0.2) is 0 Å². The fraction of sp³-hybridized carbons (Fsp3) is 0.312. The lowest BCUT2D eigenvalue weighted by molar-refractivity contribution is 0.556. The number of halogens is 1. The molecule has 1 aromatic carbocycles. The van der Waals surface area contributed by atoms with Gasteiger partial charge in [-0.25, -0.2) is 4.98 Å². The zero-order valence-corrected chi connectivity index (χ0v) is 13.7. The van der Waals surface area contributed by atoms with Crippen LogP contribution in [0.25, 0.3) is 0 Å². The summed E-state index contributed by atoms with van der Waals surface area (Å²) in [4.78, 5) is 4.31. The predicted octanol–water partition coefficient (Wildman–Crippen LogP) is 4.12. The zero-order chi connectivity index (χ0) is 14.8. The van der Waals surface area contributed by atoms with E-state index in [0.717, 1.165) is 28.1 Å². The Morgan fingerprint density at radius 1 is 1.30 bits per heavy atom. The average molecular weight is 334 g/mol. The minimum atomic E-state index is 0.0146. The summed E-state index contributed by atoms with van der Waals surface area (Å²) in [5.74, 6) is 0.861. The summed E-state index contributed by atoms with van der Waals surface area (Å²) in [6.07, 6.45) is 1.70. The first kappa shape index (κ1) is 14.9. The van der Waals surface area contributed by atoms with E-state index < -0.39 is 0 Å². The number of hydrogen-bond donors (Lipinski definition) is 2. The van der Waals surface area contributed by atoms with E-state index in [2.05, 4.69) is 58.3 Å². The van der Waals surface area contributed by atoms with Gasteiger partial charge in [-0.2, -0.15) is 0 Å². The number of anilines is 2. The number of hydrogen-bond acceptors (Lipinski definition) is 3. The molecule has 0 saturated carbocycles. The van der Waals surface area contributed by atoms with Crippen molar-refractivity contribution >= 4 is 27.4 Å². The molecular weight excluding hydrogens is 314 g/mol. The third kappa shape index (κ3) is 3.51.